The van der Waals surface area contributed by atoms with Gasteiger partial charge in [-0.3, -0.25) is 9.59 Å². The highest BCUT2D eigenvalue weighted by atomic mass is 19.4. The van der Waals surface area contributed by atoms with E-state index in [2.05, 4.69) is 0 Å². The molecule has 8 heteroatoms. The fourth-order valence-corrected chi connectivity index (χ4v) is 2.66. The van der Waals surface area contributed by atoms with Crippen LogP contribution >= 0.6 is 0 Å². The second-order valence-corrected chi connectivity index (χ2v) is 5.58. The van der Waals surface area contributed by atoms with Crippen molar-refractivity contribution in [3.63, 3.8) is 0 Å². The number of nitrogens with one attached hydrogen (secondary N) is 1. The highest BCUT2D eigenvalue weighted by molar-refractivity contribution is 5.94. The van der Waals surface area contributed by atoms with Crippen molar-refractivity contribution in [2.45, 2.75) is 38.0 Å². The van der Waals surface area contributed by atoms with E-state index in [1.165, 1.54) is 11.9 Å². The predicted octanol–water partition coefficient (Wildman–Crippen LogP) is 2.10. The van der Waals surface area contributed by atoms with Gasteiger partial charge in [-0.25, -0.2) is 10.0 Å². The van der Waals surface area contributed by atoms with Gasteiger partial charge in [0.15, 0.2) is 0 Å². The topological polar surface area (TPSA) is 52.7 Å². The first-order chi connectivity index (χ1) is 10.7. The number of halogens is 3. The van der Waals surface area contributed by atoms with Crippen molar-refractivity contribution in [3.05, 3.63) is 30.3 Å². The number of carbonyl (C=O) groups is 2. The Morgan fingerprint density at radius 1 is 1.35 bits per heavy atom. The van der Waals surface area contributed by atoms with Crippen molar-refractivity contribution in [3.8, 4) is 0 Å². The number of para-hydroxylation sites is 1. The number of rotatable bonds is 4. The lowest BCUT2D eigenvalue weighted by Gasteiger charge is -2.29. The minimum atomic E-state index is -4.90. The average Bonchev–Trinajstić information content (AvgIpc) is 2.73. The van der Waals surface area contributed by atoms with Gasteiger partial charge in [-0.2, -0.15) is 13.2 Å². The van der Waals surface area contributed by atoms with E-state index in [-0.39, 0.29) is 24.8 Å². The number of alkyl halides is 3. The number of nitrogens with zero attached hydrogens (tertiary/aromatic N) is 2. The molecular weight excluding hydrogens is 311 g/mol. The lowest BCUT2D eigenvalue weighted by atomic mass is 10.1. The molecule has 1 aliphatic heterocycles. The van der Waals surface area contributed by atoms with Crippen LogP contribution in [0.2, 0.25) is 0 Å². The normalized spacial score (nSPS) is 20.7. The minimum absolute atomic E-state index is 0.127. The molecule has 1 fully saturated rings. The Balaban J connectivity index is 2.00. The molecule has 1 heterocycles. The van der Waals surface area contributed by atoms with Crippen LogP contribution in [-0.4, -0.2) is 42.1 Å². The van der Waals surface area contributed by atoms with E-state index in [1.807, 2.05) is 11.4 Å². The van der Waals surface area contributed by atoms with Crippen LogP contribution in [0.25, 0.3) is 0 Å². The minimum Gasteiger partial charge on any atom is -0.346 e. The molecule has 0 radical (unpaired) electrons. The van der Waals surface area contributed by atoms with Crippen LogP contribution < -0.4 is 10.3 Å². The van der Waals surface area contributed by atoms with Crippen molar-refractivity contribution >= 4 is 17.5 Å². The van der Waals surface area contributed by atoms with Crippen LogP contribution in [0.15, 0.2) is 30.3 Å². The molecule has 1 aromatic carbocycles. The molecule has 2 atom stereocenters. The predicted molar refractivity (Wildman–Crippen MR) is 78.4 cm³/mol. The van der Waals surface area contributed by atoms with E-state index < -0.39 is 18.1 Å². The third kappa shape index (κ3) is 4.01. The number of carbonyl (C=O) groups excluding carboxylic acids is 2. The largest absolute Gasteiger partial charge is 0.471 e. The summed E-state index contributed by atoms with van der Waals surface area (Å²) >= 11 is 0. The number of anilines is 1. The third-order valence-corrected chi connectivity index (χ3v) is 3.75. The molecule has 0 aromatic heterocycles. The summed E-state index contributed by atoms with van der Waals surface area (Å²) in [5.41, 5.74) is 0.703. The number of amides is 2. The molecule has 23 heavy (non-hydrogen) atoms. The van der Waals surface area contributed by atoms with Gasteiger partial charge in [-0.15, -0.1) is 0 Å². The summed E-state index contributed by atoms with van der Waals surface area (Å²) < 4.78 is 36.8. The maximum Gasteiger partial charge on any atom is 0.471 e. The van der Waals surface area contributed by atoms with Crippen LogP contribution in [0, 0.1) is 0 Å². The summed E-state index contributed by atoms with van der Waals surface area (Å²) in [6, 6.07) is 8.03. The highest BCUT2D eigenvalue weighted by Crippen LogP contribution is 2.27. The quantitative estimate of drug-likeness (QED) is 0.920. The van der Waals surface area contributed by atoms with Crippen LogP contribution in [0.4, 0.5) is 18.9 Å². The van der Waals surface area contributed by atoms with Gasteiger partial charge in [0, 0.05) is 25.6 Å². The van der Waals surface area contributed by atoms with Gasteiger partial charge in [0.05, 0.1) is 5.69 Å². The smallest absolute Gasteiger partial charge is 0.346 e. The molecular formula is C15H18F3N3O2. The average molecular weight is 329 g/mol. The fourth-order valence-electron chi connectivity index (χ4n) is 2.66. The van der Waals surface area contributed by atoms with Crippen molar-refractivity contribution in [2.75, 3.05) is 12.1 Å². The summed E-state index contributed by atoms with van der Waals surface area (Å²) in [4.78, 5) is 23.1. The molecule has 1 N–H and O–H groups in total. The van der Waals surface area contributed by atoms with Gasteiger partial charge in [0.1, 0.15) is 0 Å². The fraction of sp³-hybridized carbons (Fsp3) is 0.467. The van der Waals surface area contributed by atoms with Gasteiger partial charge in [-0.05, 0) is 25.5 Å². The molecule has 2 rings (SSSR count). The molecule has 5 nitrogen and oxygen atoms in total. The summed E-state index contributed by atoms with van der Waals surface area (Å²) in [6.07, 6.45) is -4.47. The third-order valence-electron chi connectivity index (χ3n) is 3.75. The van der Waals surface area contributed by atoms with E-state index >= 15 is 0 Å². The van der Waals surface area contributed by atoms with Crippen molar-refractivity contribution in [2.24, 2.45) is 0 Å². The molecule has 2 amide bonds. The first-order valence-corrected chi connectivity index (χ1v) is 7.18. The zero-order valence-electron chi connectivity index (χ0n) is 12.8. The first-order valence-electron chi connectivity index (χ1n) is 7.18. The van der Waals surface area contributed by atoms with Crippen LogP contribution in [0.3, 0.4) is 0 Å². The lowest BCUT2D eigenvalue weighted by molar-refractivity contribution is -0.174. The molecule has 1 unspecified atom stereocenters. The molecule has 0 saturated carbocycles. The Hall–Kier alpha value is -2.09. The standard InChI is InChI=1S/C15H18F3N3O2/c1-10(19-14(23)15(16,17)18)8-12-9-13(22)21(20(12)2)11-6-4-3-5-7-11/h3-7,10,12H,8-9H2,1-2H3,(H,19,23)/t10-,12?/m0/s1. The van der Waals surface area contributed by atoms with Gasteiger partial charge in [-0.1, -0.05) is 18.2 Å². The number of hydrazine groups is 1. The molecule has 1 saturated heterocycles. The number of hydrogen-bond acceptors (Lipinski definition) is 3. The van der Waals surface area contributed by atoms with E-state index in [9.17, 15) is 22.8 Å². The van der Waals surface area contributed by atoms with Gasteiger partial charge in [0.25, 0.3) is 0 Å². The summed E-state index contributed by atoms with van der Waals surface area (Å²) in [5, 5.41) is 5.12. The highest BCUT2D eigenvalue weighted by Gasteiger charge is 2.41. The van der Waals surface area contributed by atoms with E-state index in [4.69, 9.17) is 0 Å². The Morgan fingerprint density at radius 2 is 1.96 bits per heavy atom. The zero-order chi connectivity index (χ0) is 17.2. The van der Waals surface area contributed by atoms with Gasteiger partial charge >= 0.3 is 12.1 Å². The molecule has 126 valence electrons. The van der Waals surface area contributed by atoms with Crippen molar-refractivity contribution < 1.29 is 22.8 Å². The first kappa shape index (κ1) is 17.3. The SMILES string of the molecule is C[C@@H](CC1CC(=O)N(c2ccccc2)N1C)NC(=O)C(F)(F)F. The van der Waals surface area contributed by atoms with Gasteiger partial charge < -0.3 is 5.32 Å². The molecule has 1 aliphatic rings. The van der Waals surface area contributed by atoms with E-state index in [1.54, 1.807) is 36.3 Å². The maximum absolute atomic E-state index is 12.3. The lowest BCUT2D eigenvalue weighted by Crippen LogP contribution is -2.45. The second kappa shape index (κ2) is 6.57. The Kier molecular flexibility index (Phi) is 4.93. The molecule has 0 bridgehead atoms. The van der Waals surface area contributed by atoms with Crippen molar-refractivity contribution in [1.82, 2.24) is 10.3 Å². The monoisotopic (exact) mass is 329 g/mol. The second-order valence-electron chi connectivity index (χ2n) is 5.58. The number of hydrogen-bond donors (Lipinski definition) is 1. The van der Waals surface area contributed by atoms with Crippen LogP contribution in [-0.2, 0) is 9.59 Å². The Morgan fingerprint density at radius 3 is 2.52 bits per heavy atom. The summed E-state index contributed by atoms with van der Waals surface area (Å²) in [6.45, 7) is 1.49. The molecule has 0 aliphatic carbocycles. The zero-order valence-corrected chi connectivity index (χ0v) is 12.8. The van der Waals surface area contributed by atoms with E-state index in [0.717, 1.165) is 0 Å². The van der Waals surface area contributed by atoms with Crippen LogP contribution in [0.1, 0.15) is 19.8 Å². The summed E-state index contributed by atoms with van der Waals surface area (Å²) in [7, 11) is 1.71. The molecule has 1 aromatic rings. The van der Waals surface area contributed by atoms with E-state index in [0.29, 0.717) is 5.69 Å². The number of benzene rings is 1. The summed E-state index contributed by atoms with van der Waals surface area (Å²) in [5.74, 6) is -2.09. The van der Waals surface area contributed by atoms with Gasteiger partial charge in [0.2, 0.25) is 5.91 Å². The Bertz CT molecular complexity index is 577. The van der Waals surface area contributed by atoms with Crippen molar-refractivity contribution in [1.29, 1.82) is 0 Å². The van der Waals surface area contributed by atoms with Crippen LogP contribution in [0.5, 0.6) is 0 Å². The maximum atomic E-state index is 12.3. The Labute approximate surface area is 132 Å². The molecule has 0 spiro atoms.